The molecule has 1 saturated carbocycles. The van der Waals surface area contributed by atoms with Crippen molar-refractivity contribution >= 4 is 11.6 Å². The third-order valence-electron chi connectivity index (χ3n) is 4.82. The van der Waals surface area contributed by atoms with Crippen LogP contribution >= 0.6 is 0 Å². The minimum Gasteiger partial charge on any atom is -0.493 e. The Hall–Kier alpha value is -3.50. The van der Waals surface area contributed by atoms with Crippen LogP contribution in [-0.2, 0) is 0 Å². The second-order valence-corrected chi connectivity index (χ2v) is 6.73. The smallest absolute Gasteiger partial charge is 0.316 e. The van der Waals surface area contributed by atoms with E-state index in [0.29, 0.717) is 25.7 Å². The molecule has 1 fully saturated rings. The molecule has 0 radical (unpaired) electrons. The van der Waals surface area contributed by atoms with Crippen LogP contribution in [0.15, 0.2) is 24.5 Å². The lowest BCUT2D eigenvalue weighted by molar-refractivity contribution is -0.385. The highest BCUT2D eigenvalue weighted by Gasteiger charge is 2.28. The van der Waals surface area contributed by atoms with Crippen LogP contribution in [0.4, 0.5) is 10.1 Å². The standard InChI is InChI=1S/C19H21FN4O6/c1-28-16-7-14(15(24(26)27)8-17(16)29-2)18(25)23-12-3-5-13(6-4-12)30-19-21-9-11(20)10-22-19/h7-10,12-13H,3-6H2,1-2H3,(H,23,25). The summed E-state index contributed by atoms with van der Waals surface area (Å²) < 4.78 is 28.7. The fraction of sp³-hybridized carbons (Fsp3) is 0.421. The molecule has 0 spiro atoms. The van der Waals surface area contributed by atoms with Crippen LogP contribution in [-0.4, -0.2) is 47.2 Å². The molecule has 1 N–H and O–H groups in total. The first-order valence-electron chi connectivity index (χ1n) is 9.26. The molecule has 0 bridgehead atoms. The SMILES string of the molecule is COc1cc(C(=O)NC2CCC(Oc3ncc(F)cn3)CC2)c([N+](=O)[O-])cc1OC. The fourth-order valence-electron chi connectivity index (χ4n) is 3.30. The van der Waals surface area contributed by atoms with Gasteiger partial charge < -0.3 is 19.5 Å². The molecule has 1 aromatic heterocycles. The number of aromatic nitrogens is 2. The summed E-state index contributed by atoms with van der Waals surface area (Å²) in [5.41, 5.74) is -0.466. The fourth-order valence-corrected chi connectivity index (χ4v) is 3.30. The van der Waals surface area contributed by atoms with E-state index in [9.17, 15) is 19.3 Å². The number of methoxy groups -OCH3 is 2. The van der Waals surface area contributed by atoms with Gasteiger partial charge >= 0.3 is 6.01 Å². The lowest BCUT2D eigenvalue weighted by Crippen LogP contribution is -2.40. The molecule has 10 nitrogen and oxygen atoms in total. The van der Waals surface area contributed by atoms with Crippen molar-refractivity contribution in [2.24, 2.45) is 0 Å². The first kappa shape index (κ1) is 21.2. The Morgan fingerprint density at radius 3 is 2.30 bits per heavy atom. The Kier molecular flexibility index (Phi) is 6.60. The Morgan fingerprint density at radius 2 is 1.73 bits per heavy atom. The largest absolute Gasteiger partial charge is 0.493 e. The molecule has 1 aromatic carbocycles. The second kappa shape index (κ2) is 9.33. The number of hydrogen-bond donors (Lipinski definition) is 1. The van der Waals surface area contributed by atoms with E-state index in [1.807, 2.05) is 0 Å². The Morgan fingerprint density at radius 1 is 1.13 bits per heavy atom. The zero-order valence-electron chi connectivity index (χ0n) is 16.5. The van der Waals surface area contributed by atoms with Gasteiger partial charge in [-0.05, 0) is 25.7 Å². The van der Waals surface area contributed by atoms with Gasteiger partial charge in [0, 0.05) is 12.1 Å². The van der Waals surface area contributed by atoms with Gasteiger partial charge in [-0.15, -0.1) is 0 Å². The average Bonchev–Trinajstić information content (AvgIpc) is 2.75. The van der Waals surface area contributed by atoms with E-state index in [4.69, 9.17) is 14.2 Å². The van der Waals surface area contributed by atoms with E-state index in [2.05, 4.69) is 15.3 Å². The quantitative estimate of drug-likeness (QED) is 0.535. The molecule has 0 aliphatic heterocycles. The lowest BCUT2D eigenvalue weighted by Gasteiger charge is -2.28. The predicted molar refractivity (Wildman–Crippen MR) is 102 cm³/mol. The molecule has 1 heterocycles. The van der Waals surface area contributed by atoms with Crippen molar-refractivity contribution in [2.45, 2.75) is 37.8 Å². The van der Waals surface area contributed by atoms with Gasteiger partial charge in [-0.2, -0.15) is 0 Å². The van der Waals surface area contributed by atoms with Crippen LogP contribution in [0.1, 0.15) is 36.0 Å². The molecule has 0 saturated heterocycles. The first-order valence-corrected chi connectivity index (χ1v) is 9.26. The second-order valence-electron chi connectivity index (χ2n) is 6.73. The number of ether oxygens (including phenoxy) is 3. The van der Waals surface area contributed by atoms with Crippen molar-refractivity contribution in [3.8, 4) is 17.5 Å². The van der Waals surface area contributed by atoms with Crippen molar-refractivity contribution in [1.29, 1.82) is 0 Å². The highest BCUT2D eigenvalue weighted by molar-refractivity contribution is 5.99. The number of nitrogens with zero attached hydrogens (tertiary/aromatic N) is 3. The molecule has 0 unspecified atom stereocenters. The monoisotopic (exact) mass is 420 g/mol. The van der Waals surface area contributed by atoms with Crippen molar-refractivity contribution < 1.29 is 28.3 Å². The summed E-state index contributed by atoms with van der Waals surface area (Å²) in [5, 5.41) is 14.2. The van der Waals surface area contributed by atoms with E-state index in [0.717, 1.165) is 12.4 Å². The summed E-state index contributed by atoms with van der Waals surface area (Å²) in [4.78, 5) is 31.0. The van der Waals surface area contributed by atoms with E-state index in [1.165, 1.54) is 26.4 Å². The van der Waals surface area contributed by atoms with Gasteiger partial charge in [-0.1, -0.05) is 0 Å². The van der Waals surface area contributed by atoms with Gasteiger partial charge in [0.05, 0.1) is 37.6 Å². The predicted octanol–water partition coefficient (Wildman–Crippen LogP) is 2.66. The molecule has 1 amide bonds. The van der Waals surface area contributed by atoms with Gasteiger partial charge in [0.1, 0.15) is 11.7 Å². The zero-order valence-corrected chi connectivity index (χ0v) is 16.5. The molecule has 160 valence electrons. The maximum atomic E-state index is 12.9. The van der Waals surface area contributed by atoms with E-state index < -0.39 is 16.6 Å². The number of benzene rings is 1. The van der Waals surface area contributed by atoms with E-state index in [-0.39, 0.29) is 40.9 Å². The number of nitrogens with one attached hydrogen (secondary N) is 1. The van der Waals surface area contributed by atoms with Gasteiger partial charge in [0.15, 0.2) is 17.3 Å². The van der Waals surface area contributed by atoms with Gasteiger partial charge in [-0.3, -0.25) is 14.9 Å². The number of hydrogen-bond acceptors (Lipinski definition) is 8. The molecule has 30 heavy (non-hydrogen) atoms. The topological polar surface area (TPSA) is 126 Å². The molecule has 0 atom stereocenters. The van der Waals surface area contributed by atoms with Crippen molar-refractivity contribution in [3.63, 3.8) is 0 Å². The van der Waals surface area contributed by atoms with Crippen LogP contribution in [0, 0.1) is 15.9 Å². The number of rotatable bonds is 7. The number of nitro groups is 1. The summed E-state index contributed by atoms with van der Waals surface area (Å²) in [6, 6.07) is 2.40. The van der Waals surface area contributed by atoms with Crippen LogP contribution in [0.25, 0.3) is 0 Å². The number of halogens is 1. The number of amides is 1. The van der Waals surface area contributed by atoms with Gasteiger partial charge in [0.25, 0.3) is 11.6 Å². The van der Waals surface area contributed by atoms with Gasteiger partial charge in [0.2, 0.25) is 0 Å². The summed E-state index contributed by atoms with van der Waals surface area (Å²) in [7, 11) is 2.75. The molecular weight excluding hydrogens is 399 g/mol. The Balaban J connectivity index is 1.63. The Labute approximate surface area is 171 Å². The molecular formula is C19H21FN4O6. The van der Waals surface area contributed by atoms with Crippen LogP contribution in [0.5, 0.6) is 17.5 Å². The zero-order chi connectivity index (χ0) is 21.7. The van der Waals surface area contributed by atoms with E-state index >= 15 is 0 Å². The third-order valence-corrected chi connectivity index (χ3v) is 4.82. The number of nitro benzene ring substituents is 1. The molecule has 1 aliphatic rings. The Bertz CT molecular complexity index is 916. The molecule has 1 aliphatic carbocycles. The minimum atomic E-state index is -0.635. The minimum absolute atomic E-state index is 0.101. The van der Waals surface area contributed by atoms with Crippen molar-refractivity contribution in [2.75, 3.05) is 14.2 Å². The maximum absolute atomic E-state index is 12.9. The summed E-state index contributed by atoms with van der Waals surface area (Å²) in [6.45, 7) is 0. The summed E-state index contributed by atoms with van der Waals surface area (Å²) >= 11 is 0. The van der Waals surface area contributed by atoms with Gasteiger partial charge in [-0.25, -0.2) is 14.4 Å². The van der Waals surface area contributed by atoms with Crippen molar-refractivity contribution in [3.05, 3.63) is 46.0 Å². The summed E-state index contributed by atoms with van der Waals surface area (Å²) in [6.07, 6.45) is 4.38. The first-order chi connectivity index (χ1) is 14.4. The average molecular weight is 420 g/mol. The molecule has 3 rings (SSSR count). The van der Waals surface area contributed by atoms with Crippen LogP contribution < -0.4 is 19.5 Å². The molecule has 2 aromatic rings. The molecule has 11 heteroatoms. The maximum Gasteiger partial charge on any atom is 0.316 e. The summed E-state index contributed by atoms with van der Waals surface area (Å²) in [5.74, 6) is -0.710. The van der Waals surface area contributed by atoms with E-state index in [1.54, 1.807) is 0 Å². The highest BCUT2D eigenvalue weighted by atomic mass is 19.1. The third kappa shape index (κ3) is 4.91. The van der Waals surface area contributed by atoms with Crippen molar-refractivity contribution in [1.82, 2.24) is 15.3 Å². The normalized spacial score (nSPS) is 18.4. The lowest BCUT2D eigenvalue weighted by atomic mass is 9.92. The highest BCUT2D eigenvalue weighted by Crippen LogP contribution is 2.34. The van der Waals surface area contributed by atoms with Crippen LogP contribution in [0.2, 0.25) is 0 Å². The number of carbonyl (C=O) groups excluding carboxylic acids is 1. The number of carbonyl (C=O) groups is 1. The van der Waals surface area contributed by atoms with Crippen LogP contribution in [0.3, 0.4) is 0 Å².